The van der Waals surface area contributed by atoms with Crippen LogP contribution in [-0.4, -0.2) is 52.9 Å². The van der Waals surface area contributed by atoms with Gasteiger partial charge in [0.25, 0.3) is 0 Å². The van der Waals surface area contributed by atoms with Crippen molar-refractivity contribution in [2.45, 2.75) is 31.5 Å². The molecule has 1 aromatic heterocycles. The maximum absolute atomic E-state index is 10.3. The summed E-state index contributed by atoms with van der Waals surface area (Å²) >= 11 is 0. The summed E-state index contributed by atoms with van der Waals surface area (Å²) in [6.45, 7) is 4.45. The Balaban J connectivity index is 1.77. The van der Waals surface area contributed by atoms with E-state index in [2.05, 4.69) is 40.3 Å². The number of nitrogens with one attached hydrogen (secondary N) is 1. The number of hydrogen-bond acceptors (Lipinski definition) is 6. The molecule has 2 N–H and O–H groups in total. The number of morpholine rings is 1. The number of rotatable bonds is 7. The van der Waals surface area contributed by atoms with Crippen LogP contribution in [0.3, 0.4) is 0 Å². The second kappa shape index (κ2) is 8.96. The topological polar surface area (TPSA) is 81.4 Å². The van der Waals surface area contributed by atoms with Crippen LogP contribution < -0.4 is 5.32 Å². The standard InChI is InChI=1S/C21H26N4O2/c1-17-13-27-16-21(15-26,25(17)12-18-6-3-2-4-7-18)14-23-20-9-5-8-19(24-20)10-11-22/h2-9,17,26H,10,12-16H2,1H3,(H,23,24)/t17-,21+/m1/s1. The van der Waals surface area contributed by atoms with Crippen LogP contribution in [-0.2, 0) is 17.7 Å². The summed E-state index contributed by atoms with van der Waals surface area (Å²) in [5.41, 5.74) is 1.40. The van der Waals surface area contributed by atoms with E-state index in [4.69, 9.17) is 10.00 Å². The number of aliphatic hydroxyl groups is 1. The molecule has 2 heterocycles. The van der Waals surface area contributed by atoms with Crippen LogP contribution in [0, 0.1) is 11.3 Å². The summed E-state index contributed by atoms with van der Waals surface area (Å²) in [5.74, 6) is 0.702. The molecule has 2 atom stereocenters. The van der Waals surface area contributed by atoms with E-state index in [0.29, 0.717) is 25.6 Å². The molecular formula is C21H26N4O2. The molecule has 6 heteroatoms. The number of aromatic nitrogens is 1. The molecule has 1 aliphatic heterocycles. The largest absolute Gasteiger partial charge is 0.394 e. The van der Waals surface area contributed by atoms with Crippen LogP contribution >= 0.6 is 0 Å². The predicted octanol–water partition coefficient (Wildman–Crippen LogP) is 2.21. The number of benzene rings is 1. The van der Waals surface area contributed by atoms with Gasteiger partial charge in [-0.15, -0.1) is 0 Å². The lowest BCUT2D eigenvalue weighted by atomic mass is 9.94. The Labute approximate surface area is 160 Å². The van der Waals surface area contributed by atoms with E-state index < -0.39 is 5.54 Å². The van der Waals surface area contributed by atoms with Crippen LogP contribution in [0.1, 0.15) is 18.2 Å². The summed E-state index contributed by atoms with van der Waals surface area (Å²) in [6, 6.07) is 18.2. The predicted molar refractivity (Wildman–Crippen MR) is 104 cm³/mol. The third-order valence-corrected chi connectivity index (χ3v) is 5.03. The van der Waals surface area contributed by atoms with Crippen molar-refractivity contribution < 1.29 is 9.84 Å². The molecule has 0 radical (unpaired) electrons. The second-order valence-electron chi connectivity index (χ2n) is 7.06. The van der Waals surface area contributed by atoms with Gasteiger partial charge in [0.2, 0.25) is 0 Å². The Morgan fingerprint density at radius 1 is 1.30 bits per heavy atom. The zero-order valence-corrected chi connectivity index (χ0v) is 15.6. The molecule has 0 saturated carbocycles. The third-order valence-electron chi connectivity index (χ3n) is 5.03. The number of ether oxygens (including phenoxy) is 1. The fourth-order valence-electron chi connectivity index (χ4n) is 3.52. The van der Waals surface area contributed by atoms with Gasteiger partial charge in [-0.3, -0.25) is 4.90 Å². The SMILES string of the molecule is C[C@@H]1COC[C@@](CO)(CNc2cccc(CC#N)n2)N1Cc1ccccc1. The summed E-state index contributed by atoms with van der Waals surface area (Å²) in [5, 5.41) is 22.5. The summed E-state index contributed by atoms with van der Waals surface area (Å²) in [4.78, 5) is 6.78. The van der Waals surface area contributed by atoms with Crippen molar-refractivity contribution in [2.75, 3.05) is 31.7 Å². The molecule has 0 bridgehead atoms. The van der Waals surface area contributed by atoms with E-state index in [9.17, 15) is 5.11 Å². The van der Waals surface area contributed by atoms with Crippen molar-refractivity contribution >= 4 is 5.82 Å². The number of nitriles is 1. The Bertz CT molecular complexity index is 777. The van der Waals surface area contributed by atoms with E-state index >= 15 is 0 Å². The van der Waals surface area contributed by atoms with E-state index in [1.54, 1.807) is 0 Å². The van der Waals surface area contributed by atoms with Crippen molar-refractivity contribution in [1.29, 1.82) is 5.26 Å². The van der Waals surface area contributed by atoms with Gasteiger partial charge in [-0.2, -0.15) is 5.26 Å². The first kappa shape index (κ1) is 19.3. The normalized spacial score (nSPS) is 22.9. The van der Waals surface area contributed by atoms with Crippen LogP contribution in [0.15, 0.2) is 48.5 Å². The minimum atomic E-state index is -0.541. The van der Waals surface area contributed by atoms with Gasteiger partial charge in [-0.05, 0) is 24.6 Å². The third kappa shape index (κ3) is 4.64. The highest BCUT2D eigenvalue weighted by Crippen LogP contribution is 2.27. The summed E-state index contributed by atoms with van der Waals surface area (Å²) in [6.07, 6.45) is 0.279. The lowest BCUT2D eigenvalue weighted by Gasteiger charge is -2.49. The quantitative estimate of drug-likeness (QED) is 0.782. The maximum atomic E-state index is 10.3. The molecule has 0 spiro atoms. The molecule has 2 aromatic rings. The van der Waals surface area contributed by atoms with Crippen molar-refractivity contribution in [3.05, 3.63) is 59.8 Å². The van der Waals surface area contributed by atoms with Crippen molar-refractivity contribution in [3.8, 4) is 6.07 Å². The van der Waals surface area contributed by atoms with Crippen molar-refractivity contribution in [2.24, 2.45) is 0 Å². The minimum Gasteiger partial charge on any atom is -0.394 e. The molecule has 0 aliphatic carbocycles. The van der Waals surface area contributed by atoms with Crippen molar-refractivity contribution in [1.82, 2.24) is 9.88 Å². The summed E-state index contributed by atoms with van der Waals surface area (Å²) in [7, 11) is 0. The monoisotopic (exact) mass is 366 g/mol. The van der Waals surface area contributed by atoms with Gasteiger partial charge in [0.1, 0.15) is 5.82 Å². The molecule has 27 heavy (non-hydrogen) atoms. The molecule has 1 saturated heterocycles. The molecule has 6 nitrogen and oxygen atoms in total. The van der Waals surface area contributed by atoms with Crippen molar-refractivity contribution in [3.63, 3.8) is 0 Å². The van der Waals surface area contributed by atoms with Gasteiger partial charge in [-0.1, -0.05) is 36.4 Å². The molecule has 3 rings (SSSR count). The Morgan fingerprint density at radius 2 is 2.11 bits per heavy atom. The van der Waals surface area contributed by atoms with E-state index in [1.165, 1.54) is 5.56 Å². The zero-order valence-electron chi connectivity index (χ0n) is 15.6. The zero-order chi connectivity index (χ0) is 19.1. The van der Waals surface area contributed by atoms with Crippen LogP contribution in [0.2, 0.25) is 0 Å². The minimum absolute atomic E-state index is 0.0188. The fraction of sp³-hybridized carbons (Fsp3) is 0.429. The molecule has 1 fully saturated rings. The van der Waals surface area contributed by atoms with E-state index in [0.717, 1.165) is 12.2 Å². The molecular weight excluding hydrogens is 340 g/mol. The highest BCUT2D eigenvalue weighted by Gasteiger charge is 2.42. The van der Waals surface area contributed by atoms with Crippen LogP contribution in [0.25, 0.3) is 0 Å². The first-order valence-electron chi connectivity index (χ1n) is 9.23. The average Bonchev–Trinajstić information content (AvgIpc) is 2.70. The Morgan fingerprint density at radius 3 is 2.85 bits per heavy atom. The maximum Gasteiger partial charge on any atom is 0.126 e. The first-order chi connectivity index (χ1) is 13.2. The van der Waals surface area contributed by atoms with Crippen LogP contribution in [0.5, 0.6) is 0 Å². The summed E-state index contributed by atoms with van der Waals surface area (Å²) < 4.78 is 5.80. The smallest absolute Gasteiger partial charge is 0.126 e. The van der Waals surface area contributed by atoms with Gasteiger partial charge in [0.05, 0.1) is 43.5 Å². The van der Waals surface area contributed by atoms with Gasteiger partial charge >= 0.3 is 0 Å². The fourth-order valence-corrected chi connectivity index (χ4v) is 3.52. The second-order valence-corrected chi connectivity index (χ2v) is 7.06. The molecule has 1 aromatic carbocycles. The highest BCUT2D eigenvalue weighted by atomic mass is 16.5. The number of pyridine rings is 1. The van der Waals surface area contributed by atoms with E-state index in [-0.39, 0.29) is 19.1 Å². The van der Waals surface area contributed by atoms with E-state index in [1.807, 2.05) is 36.4 Å². The first-order valence-corrected chi connectivity index (χ1v) is 9.23. The van der Waals surface area contributed by atoms with Crippen LogP contribution in [0.4, 0.5) is 5.82 Å². The lowest BCUT2D eigenvalue weighted by Crippen LogP contribution is -2.65. The molecule has 1 aliphatic rings. The number of hydrogen-bond donors (Lipinski definition) is 2. The molecule has 142 valence electrons. The van der Waals surface area contributed by atoms with Gasteiger partial charge in [0.15, 0.2) is 0 Å². The highest BCUT2D eigenvalue weighted by molar-refractivity contribution is 5.36. The Kier molecular flexibility index (Phi) is 6.40. The Hall–Kier alpha value is -2.46. The molecule has 0 unspecified atom stereocenters. The molecule has 0 amide bonds. The van der Waals surface area contributed by atoms with Gasteiger partial charge in [-0.25, -0.2) is 4.98 Å². The van der Waals surface area contributed by atoms with Gasteiger partial charge in [0, 0.05) is 19.1 Å². The number of nitrogens with zero attached hydrogens (tertiary/aromatic N) is 3. The average molecular weight is 366 g/mol. The van der Waals surface area contributed by atoms with Gasteiger partial charge < -0.3 is 15.2 Å². The lowest BCUT2D eigenvalue weighted by molar-refractivity contribution is -0.117. The number of anilines is 1. The number of aliphatic hydroxyl groups excluding tert-OH is 1.